The topological polar surface area (TPSA) is 257 Å². The molecule has 57 heavy (non-hydrogen) atoms. The number of hydrogen-bond acceptors (Lipinski definition) is 17. The van der Waals surface area contributed by atoms with Crippen molar-refractivity contribution in [1.29, 1.82) is 0 Å². The fourth-order valence-electron chi connectivity index (χ4n) is 9.11. The van der Waals surface area contributed by atoms with Gasteiger partial charge in [0.25, 0.3) is 0 Å². The molecule has 17 nitrogen and oxygen atoms in total. The number of ketones is 3. The highest BCUT2D eigenvalue weighted by atomic mass is 16.7. The van der Waals surface area contributed by atoms with E-state index in [0.717, 1.165) is 6.92 Å². The zero-order valence-corrected chi connectivity index (χ0v) is 32.4. The van der Waals surface area contributed by atoms with Gasteiger partial charge in [-0.2, -0.15) is 0 Å². The van der Waals surface area contributed by atoms with Crippen molar-refractivity contribution in [2.45, 2.75) is 145 Å². The van der Waals surface area contributed by atoms with Gasteiger partial charge in [0.2, 0.25) is 5.78 Å². The van der Waals surface area contributed by atoms with Gasteiger partial charge in [0.05, 0.1) is 47.1 Å². The predicted octanol–water partition coefficient (Wildman–Crippen LogP) is 1.37. The van der Waals surface area contributed by atoms with E-state index < -0.39 is 125 Å². The first-order valence-corrected chi connectivity index (χ1v) is 19.0. The lowest BCUT2D eigenvalue weighted by Gasteiger charge is -2.50. The van der Waals surface area contributed by atoms with Gasteiger partial charge in [0.1, 0.15) is 47.2 Å². The number of rotatable bonds is 8. The summed E-state index contributed by atoms with van der Waals surface area (Å²) in [7, 11) is 1.22. The van der Waals surface area contributed by atoms with E-state index >= 15 is 0 Å². The predicted molar refractivity (Wildman–Crippen MR) is 194 cm³/mol. The molecule has 0 aromatic heterocycles. The van der Waals surface area contributed by atoms with Crippen LogP contribution in [-0.2, 0) is 49.2 Å². The number of phenols is 2. The van der Waals surface area contributed by atoms with Gasteiger partial charge in [-0.3, -0.25) is 14.4 Å². The van der Waals surface area contributed by atoms with E-state index in [-0.39, 0.29) is 47.9 Å². The summed E-state index contributed by atoms with van der Waals surface area (Å²) >= 11 is 0. The maximum atomic E-state index is 15.0. The van der Waals surface area contributed by atoms with Gasteiger partial charge in [-0.25, -0.2) is 0 Å². The van der Waals surface area contributed by atoms with E-state index in [1.54, 1.807) is 32.0 Å². The smallest absolute Gasteiger partial charge is 0.207 e. The van der Waals surface area contributed by atoms with Crippen LogP contribution in [0.25, 0.3) is 10.8 Å². The van der Waals surface area contributed by atoms with Crippen LogP contribution in [0.4, 0.5) is 0 Å². The van der Waals surface area contributed by atoms with Crippen LogP contribution >= 0.6 is 0 Å². The summed E-state index contributed by atoms with van der Waals surface area (Å²) in [5.74, 6) is -5.95. The molecule has 7 rings (SSSR count). The van der Waals surface area contributed by atoms with Crippen LogP contribution in [0, 0.1) is 5.92 Å². The highest BCUT2D eigenvalue weighted by Crippen LogP contribution is 2.52. The molecule has 0 spiro atoms. The van der Waals surface area contributed by atoms with Gasteiger partial charge in [-0.15, -0.1) is 0 Å². The van der Waals surface area contributed by atoms with Crippen molar-refractivity contribution in [3.63, 3.8) is 0 Å². The molecule has 0 radical (unpaired) electrons. The molecule has 2 aliphatic carbocycles. The number of aliphatic hydroxyl groups excluding tert-OH is 4. The Kier molecular flexibility index (Phi) is 11.1. The van der Waals surface area contributed by atoms with Crippen molar-refractivity contribution in [2.24, 2.45) is 5.92 Å². The largest absolute Gasteiger partial charge is 0.508 e. The van der Waals surface area contributed by atoms with Crippen molar-refractivity contribution in [2.75, 3.05) is 7.11 Å². The van der Waals surface area contributed by atoms with Crippen LogP contribution in [0.5, 0.6) is 11.5 Å². The highest BCUT2D eigenvalue weighted by molar-refractivity contribution is 6.25. The Labute approximate surface area is 327 Å². The van der Waals surface area contributed by atoms with Gasteiger partial charge in [0, 0.05) is 32.3 Å². The first kappa shape index (κ1) is 41.6. The van der Waals surface area contributed by atoms with Crippen LogP contribution < -0.4 is 0 Å². The number of benzene rings is 2. The number of Topliss-reactive ketones (excluding diaryl/α,β-unsaturated/α-hetero) is 3. The fourth-order valence-corrected chi connectivity index (χ4v) is 9.11. The van der Waals surface area contributed by atoms with Crippen LogP contribution in [0.15, 0.2) is 35.6 Å². The first-order valence-electron chi connectivity index (χ1n) is 19.0. The molecule has 17 heteroatoms. The summed E-state index contributed by atoms with van der Waals surface area (Å²) in [6, 6.07) is 6.09. The summed E-state index contributed by atoms with van der Waals surface area (Å²) in [6.07, 6.45) is -13.8. The van der Waals surface area contributed by atoms with Crippen LogP contribution in [0.2, 0.25) is 0 Å². The molecule has 312 valence electrons. The van der Waals surface area contributed by atoms with E-state index in [1.807, 2.05) is 0 Å². The number of hydrogen-bond donors (Lipinski definition) is 7. The average Bonchev–Trinajstić information content (AvgIpc) is 3.12. The standard InChI is InChI=1S/C40H50O17/c1-15(41)28-34(46)35(51-6)21-11-20-10-19-8-7-9-22(42)29(19)33(45)30(20)38(49)40(21,37(28)48)57-26-13-24(32(44)17(3)53-26)55-25-12-23(31(43)16(2)52-25)56-27-14-39(5,50)36(47)18(4)54-27/h7-10,16-18,21,23-27,31-32,35-36,42-45,47-48,50H,11-14H2,1-6H3/t16-,17-,18-,21+,23-,24-,25+,26+,27+,31+,32-,35+,36-,39+,40-/m1/s1. The quantitative estimate of drug-likeness (QED) is 0.186. The molecular formula is C40H50O17. The van der Waals surface area contributed by atoms with Gasteiger partial charge in [-0.05, 0) is 58.1 Å². The van der Waals surface area contributed by atoms with Gasteiger partial charge in [0.15, 0.2) is 36.0 Å². The molecule has 2 aromatic carbocycles. The number of aliphatic hydroxyl groups is 5. The van der Waals surface area contributed by atoms with E-state index in [0.29, 0.717) is 5.39 Å². The summed E-state index contributed by atoms with van der Waals surface area (Å²) in [5.41, 5.74) is -4.82. The SMILES string of the molecule is CO[C@@H]1C(=O)C(C(C)=O)=C(O)[C@@]2(O[C@H]3C[C@@H](O[C@H]4C[C@@H](O[C@H]5C[C@](C)(O)[C@H](O)[C@@H](C)O5)[C@@H](O)[C@@H](C)O4)[C@H](O)[C@@H](C)O3)C(=O)c3c(cc4cccc(O)c4c3O)C[C@@H]12. The molecule has 15 atom stereocenters. The van der Waals surface area contributed by atoms with Crippen LogP contribution in [-0.4, -0.2) is 145 Å². The molecule has 3 saturated heterocycles. The Morgan fingerprint density at radius 1 is 0.877 bits per heavy atom. The van der Waals surface area contributed by atoms with Crippen LogP contribution in [0.3, 0.4) is 0 Å². The van der Waals surface area contributed by atoms with E-state index in [1.165, 1.54) is 27.0 Å². The number of aromatic hydroxyl groups is 2. The zero-order chi connectivity index (χ0) is 41.5. The Bertz CT molecular complexity index is 1960. The molecule has 5 aliphatic rings. The number of carbonyl (C=O) groups excluding carboxylic acids is 3. The molecule has 0 saturated carbocycles. The van der Waals surface area contributed by atoms with Crippen molar-refractivity contribution >= 4 is 28.1 Å². The molecule has 3 aliphatic heterocycles. The Hall–Kier alpha value is -3.59. The maximum absolute atomic E-state index is 15.0. The third-order valence-electron chi connectivity index (χ3n) is 12.1. The lowest BCUT2D eigenvalue weighted by Crippen LogP contribution is -2.65. The number of carbonyl (C=O) groups is 3. The van der Waals surface area contributed by atoms with E-state index in [4.69, 9.17) is 33.2 Å². The fraction of sp³-hybridized carbons (Fsp3) is 0.625. The minimum absolute atomic E-state index is 0.0376. The zero-order valence-electron chi connectivity index (χ0n) is 32.4. The molecular weight excluding hydrogens is 752 g/mol. The Balaban J connectivity index is 1.20. The lowest BCUT2D eigenvalue weighted by atomic mass is 9.62. The van der Waals surface area contributed by atoms with Crippen molar-refractivity contribution in [1.82, 2.24) is 0 Å². The molecule has 0 unspecified atom stereocenters. The van der Waals surface area contributed by atoms with Crippen molar-refractivity contribution in [3.8, 4) is 11.5 Å². The second-order valence-electron chi connectivity index (χ2n) is 16.0. The number of methoxy groups -OCH3 is 1. The van der Waals surface area contributed by atoms with E-state index in [9.17, 15) is 50.1 Å². The summed E-state index contributed by atoms with van der Waals surface area (Å²) in [5, 5.41) is 77.9. The molecule has 0 amide bonds. The summed E-state index contributed by atoms with van der Waals surface area (Å²) < 4.78 is 42.2. The lowest BCUT2D eigenvalue weighted by molar-refractivity contribution is -0.337. The third kappa shape index (κ3) is 6.95. The third-order valence-corrected chi connectivity index (χ3v) is 12.1. The van der Waals surface area contributed by atoms with Crippen molar-refractivity contribution in [3.05, 3.63) is 46.7 Å². The number of fused-ring (bicyclic) bond motifs is 3. The van der Waals surface area contributed by atoms with Gasteiger partial charge in [-0.1, -0.05) is 18.2 Å². The summed E-state index contributed by atoms with van der Waals surface area (Å²) in [6.45, 7) is 7.20. The molecule has 2 aromatic rings. The first-order chi connectivity index (χ1) is 26.8. The molecule has 7 N–H and O–H groups in total. The minimum atomic E-state index is -2.54. The van der Waals surface area contributed by atoms with Crippen LogP contribution in [0.1, 0.15) is 69.8 Å². The molecule has 3 heterocycles. The second-order valence-corrected chi connectivity index (χ2v) is 16.0. The normalized spacial score (nSPS) is 41.2. The van der Waals surface area contributed by atoms with Gasteiger partial charge < -0.3 is 68.9 Å². The highest BCUT2D eigenvalue weighted by Gasteiger charge is 2.65. The summed E-state index contributed by atoms with van der Waals surface area (Å²) in [4.78, 5) is 41.6. The molecule has 0 bridgehead atoms. The second kappa shape index (κ2) is 15.2. The van der Waals surface area contributed by atoms with Crippen molar-refractivity contribution < 1.29 is 83.3 Å². The average molecular weight is 803 g/mol. The maximum Gasteiger partial charge on any atom is 0.207 e. The Morgan fingerprint density at radius 3 is 2.09 bits per heavy atom. The monoisotopic (exact) mass is 802 g/mol. The minimum Gasteiger partial charge on any atom is -0.508 e. The number of ether oxygens (including phenoxy) is 7. The number of phenolic OH excluding ortho intramolecular Hbond substituents is 2. The Morgan fingerprint density at radius 2 is 1.47 bits per heavy atom. The molecule has 3 fully saturated rings. The van der Waals surface area contributed by atoms with E-state index in [2.05, 4.69) is 0 Å². The van der Waals surface area contributed by atoms with Gasteiger partial charge >= 0.3 is 0 Å².